The topological polar surface area (TPSA) is 29.3 Å². The average Bonchev–Trinajstić information content (AvgIpc) is 2.88. The normalized spacial score (nSPS) is 20.8. The van der Waals surface area contributed by atoms with E-state index in [1.54, 1.807) is 0 Å². The molecule has 1 saturated heterocycles. The molecule has 0 saturated carbocycles. The number of imidazole rings is 1. The second-order valence-corrected chi connectivity index (χ2v) is 4.67. The fourth-order valence-corrected chi connectivity index (χ4v) is 2.79. The molecule has 2 aromatic heterocycles. The van der Waals surface area contributed by atoms with E-state index in [9.17, 15) is 0 Å². The number of pyridine rings is 1. The molecule has 4 heteroatoms. The van der Waals surface area contributed by atoms with Crippen molar-refractivity contribution in [2.75, 3.05) is 13.1 Å². The molecule has 1 fully saturated rings. The summed E-state index contributed by atoms with van der Waals surface area (Å²) < 4.78 is 2.18. The molecule has 3 nitrogen and oxygen atoms in total. The Morgan fingerprint density at radius 1 is 1.50 bits per heavy atom. The molecule has 1 aliphatic rings. The summed E-state index contributed by atoms with van der Waals surface area (Å²) in [5.74, 6) is 1.55. The van der Waals surface area contributed by atoms with E-state index in [4.69, 9.17) is 11.6 Å². The Hall–Kier alpha value is -1.06. The standard InChI is InChI=1S/C12H14ClN3/c1-8-15-12(13)11-4-2-3-10(16(8)11)9-5-6-14-7-9/h2-4,9,14H,5-7H2,1H3. The summed E-state index contributed by atoms with van der Waals surface area (Å²) in [6, 6.07) is 6.26. The summed E-state index contributed by atoms with van der Waals surface area (Å²) in [6.07, 6.45) is 1.19. The molecule has 0 bridgehead atoms. The molecule has 0 amide bonds. The Bertz CT molecular complexity index is 526. The lowest BCUT2D eigenvalue weighted by Crippen LogP contribution is -2.10. The van der Waals surface area contributed by atoms with Gasteiger partial charge < -0.3 is 5.32 Å². The van der Waals surface area contributed by atoms with Gasteiger partial charge in [0.15, 0.2) is 5.15 Å². The maximum absolute atomic E-state index is 6.11. The molecule has 16 heavy (non-hydrogen) atoms. The molecule has 3 rings (SSSR count). The zero-order valence-electron chi connectivity index (χ0n) is 9.20. The number of aryl methyl sites for hydroxylation is 1. The van der Waals surface area contributed by atoms with Gasteiger partial charge in [-0.1, -0.05) is 17.7 Å². The van der Waals surface area contributed by atoms with Crippen LogP contribution in [0.5, 0.6) is 0 Å². The second kappa shape index (κ2) is 3.75. The predicted octanol–water partition coefficient (Wildman–Crippen LogP) is 2.37. The van der Waals surface area contributed by atoms with Gasteiger partial charge in [-0.3, -0.25) is 4.40 Å². The van der Waals surface area contributed by atoms with Crippen molar-refractivity contribution in [1.29, 1.82) is 0 Å². The van der Waals surface area contributed by atoms with Crippen molar-refractivity contribution < 1.29 is 0 Å². The zero-order valence-corrected chi connectivity index (χ0v) is 9.96. The van der Waals surface area contributed by atoms with Crippen molar-refractivity contribution >= 4 is 17.1 Å². The lowest BCUT2D eigenvalue weighted by atomic mass is 10.0. The molecular weight excluding hydrogens is 222 g/mol. The Morgan fingerprint density at radius 3 is 3.12 bits per heavy atom. The lowest BCUT2D eigenvalue weighted by Gasteiger charge is -2.12. The molecule has 0 radical (unpaired) electrons. The quantitative estimate of drug-likeness (QED) is 0.823. The second-order valence-electron chi connectivity index (χ2n) is 4.31. The van der Waals surface area contributed by atoms with Crippen molar-refractivity contribution in [2.45, 2.75) is 19.3 Å². The maximum atomic E-state index is 6.11. The van der Waals surface area contributed by atoms with Crippen LogP contribution in [0.15, 0.2) is 18.2 Å². The van der Waals surface area contributed by atoms with Crippen LogP contribution >= 0.6 is 11.6 Å². The van der Waals surface area contributed by atoms with Crippen molar-refractivity contribution in [3.8, 4) is 0 Å². The SMILES string of the molecule is Cc1nc(Cl)c2cccc(C3CCNC3)n12. The van der Waals surface area contributed by atoms with E-state index >= 15 is 0 Å². The molecule has 1 atom stereocenters. The first kappa shape index (κ1) is 10.1. The van der Waals surface area contributed by atoms with Gasteiger partial charge in [0, 0.05) is 18.2 Å². The smallest absolute Gasteiger partial charge is 0.155 e. The van der Waals surface area contributed by atoms with Crippen molar-refractivity contribution in [2.24, 2.45) is 0 Å². The van der Waals surface area contributed by atoms with Crippen LogP contribution in [-0.2, 0) is 0 Å². The van der Waals surface area contributed by atoms with Gasteiger partial charge in [0.1, 0.15) is 5.82 Å². The molecular formula is C12H14ClN3. The molecule has 2 aromatic rings. The number of halogens is 1. The summed E-state index contributed by atoms with van der Waals surface area (Å²) in [5, 5.41) is 4.00. The van der Waals surface area contributed by atoms with Crippen LogP contribution in [0.3, 0.4) is 0 Å². The van der Waals surface area contributed by atoms with E-state index in [0.717, 1.165) is 24.4 Å². The predicted molar refractivity (Wildman–Crippen MR) is 65.2 cm³/mol. The van der Waals surface area contributed by atoms with Crippen LogP contribution in [0.25, 0.3) is 5.52 Å². The van der Waals surface area contributed by atoms with Crippen molar-refractivity contribution in [3.05, 3.63) is 34.9 Å². The zero-order chi connectivity index (χ0) is 11.1. The van der Waals surface area contributed by atoms with E-state index < -0.39 is 0 Å². The monoisotopic (exact) mass is 235 g/mol. The molecule has 1 aliphatic heterocycles. The van der Waals surface area contributed by atoms with E-state index in [-0.39, 0.29) is 0 Å². The minimum absolute atomic E-state index is 0.577. The van der Waals surface area contributed by atoms with E-state index in [1.165, 1.54) is 12.1 Å². The van der Waals surface area contributed by atoms with E-state index in [1.807, 2.05) is 13.0 Å². The molecule has 0 spiro atoms. The fourth-order valence-electron chi connectivity index (χ4n) is 2.52. The highest BCUT2D eigenvalue weighted by molar-refractivity contribution is 6.32. The molecule has 1 unspecified atom stereocenters. The van der Waals surface area contributed by atoms with Gasteiger partial charge in [0.2, 0.25) is 0 Å². The third-order valence-electron chi connectivity index (χ3n) is 3.29. The van der Waals surface area contributed by atoms with Gasteiger partial charge in [0.05, 0.1) is 5.52 Å². The summed E-state index contributed by atoms with van der Waals surface area (Å²) in [5.41, 5.74) is 2.34. The maximum Gasteiger partial charge on any atom is 0.155 e. The lowest BCUT2D eigenvalue weighted by molar-refractivity contribution is 0.715. The molecule has 1 N–H and O–H groups in total. The third kappa shape index (κ3) is 1.43. The summed E-state index contributed by atoms with van der Waals surface area (Å²) in [6.45, 7) is 4.15. The first-order chi connectivity index (χ1) is 7.77. The first-order valence-corrected chi connectivity index (χ1v) is 5.99. The highest BCUT2D eigenvalue weighted by Crippen LogP contribution is 2.27. The van der Waals surface area contributed by atoms with Gasteiger partial charge in [-0.25, -0.2) is 4.98 Å². The van der Waals surface area contributed by atoms with Gasteiger partial charge in [-0.05, 0) is 32.0 Å². The first-order valence-electron chi connectivity index (χ1n) is 5.61. The van der Waals surface area contributed by atoms with E-state index in [0.29, 0.717) is 11.1 Å². The highest BCUT2D eigenvalue weighted by atomic mass is 35.5. The van der Waals surface area contributed by atoms with Crippen LogP contribution in [0.2, 0.25) is 5.15 Å². The van der Waals surface area contributed by atoms with E-state index in [2.05, 4.69) is 26.8 Å². The number of aromatic nitrogens is 2. The van der Waals surface area contributed by atoms with Crippen LogP contribution < -0.4 is 5.32 Å². The summed E-state index contributed by atoms with van der Waals surface area (Å²) >= 11 is 6.11. The summed E-state index contributed by atoms with van der Waals surface area (Å²) in [4.78, 5) is 4.33. The van der Waals surface area contributed by atoms with Gasteiger partial charge in [-0.2, -0.15) is 0 Å². The molecule has 0 aliphatic carbocycles. The van der Waals surface area contributed by atoms with Crippen molar-refractivity contribution in [1.82, 2.24) is 14.7 Å². The van der Waals surface area contributed by atoms with Crippen molar-refractivity contribution in [3.63, 3.8) is 0 Å². The average molecular weight is 236 g/mol. The van der Waals surface area contributed by atoms with Gasteiger partial charge >= 0.3 is 0 Å². The van der Waals surface area contributed by atoms with Gasteiger partial charge in [0.25, 0.3) is 0 Å². The molecule has 3 heterocycles. The minimum Gasteiger partial charge on any atom is -0.316 e. The van der Waals surface area contributed by atoms with Crippen LogP contribution in [-0.4, -0.2) is 22.5 Å². The Labute approximate surface area is 99.4 Å². The Morgan fingerprint density at radius 2 is 2.38 bits per heavy atom. The Balaban J connectivity index is 2.23. The number of nitrogens with zero attached hydrogens (tertiary/aromatic N) is 2. The number of rotatable bonds is 1. The Kier molecular flexibility index (Phi) is 2.37. The largest absolute Gasteiger partial charge is 0.316 e. The highest BCUT2D eigenvalue weighted by Gasteiger charge is 2.20. The number of nitrogens with one attached hydrogen (secondary N) is 1. The number of fused-ring (bicyclic) bond motifs is 1. The van der Waals surface area contributed by atoms with Crippen LogP contribution in [0.1, 0.15) is 23.9 Å². The summed E-state index contributed by atoms with van der Waals surface area (Å²) in [7, 11) is 0. The third-order valence-corrected chi connectivity index (χ3v) is 3.57. The van der Waals surface area contributed by atoms with Crippen LogP contribution in [0, 0.1) is 6.92 Å². The number of hydrogen-bond donors (Lipinski definition) is 1. The molecule has 0 aromatic carbocycles. The van der Waals surface area contributed by atoms with Gasteiger partial charge in [-0.15, -0.1) is 0 Å². The fraction of sp³-hybridized carbons (Fsp3) is 0.417. The molecule has 84 valence electrons. The van der Waals surface area contributed by atoms with Crippen LogP contribution in [0.4, 0.5) is 0 Å². The minimum atomic E-state index is 0.577. The number of hydrogen-bond acceptors (Lipinski definition) is 2.